The Morgan fingerprint density at radius 1 is 1.45 bits per heavy atom. The average Bonchev–Trinajstić information content (AvgIpc) is 2.42. The van der Waals surface area contributed by atoms with Crippen LogP contribution in [0.2, 0.25) is 0 Å². The zero-order valence-corrected chi connectivity index (χ0v) is 14.0. The molecule has 1 rings (SSSR count). The summed E-state index contributed by atoms with van der Waals surface area (Å²) in [5, 5.41) is 6.38. The number of amides is 1. The van der Waals surface area contributed by atoms with Crippen molar-refractivity contribution in [2.45, 2.75) is 64.5 Å². The Morgan fingerprint density at radius 3 is 2.70 bits per heavy atom. The molecule has 1 fully saturated rings. The van der Waals surface area contributed by atoms with E-state index in [1.807, 2.05) is 0 Å². The molecule has 3 unspecified atom stereocenters. The summed E-state index contributed by atoms with van der Waals surface area (Å²) in [4.78, 5) is 14.3. The van der Waals surface area contributed by atoms with Crippen molar-refractivity contribution in [1.82, 2.24) is 15.5 Å². The van der Waals surface area contributed by atoms with E-state index in [9.17, 15) is 4.79 Å². The molecule has 1 amide bonds. The molecule has 0 heterocycles. The predicted octanol–water partition coefficient (Wildman–Crippen LogP) is 2.00. The van der Waals surface area contributed by atoms with Crippen molar-refractivity contribution in [2.75, 3.05) is 27.2 Å². The van der Waals surface area contributed by atoms with Gasteiger partial charge in [0.25, 0.3) is 0 Å². The summed E-state index contributed by atoms with van der Waals surface area (Å²) in [6, 6.07) is 0.401. The molecule has 0 aromatic heterocycles. The Morgan fingerprint density at radius 2 is 2.15 bits per heavy atom. The van der Waals surface area contributed by atoms with Crippen LogP contribution in [0.4, 0.5) is 0 Å². The molecule has 0 bridgehead atoms. The lowest BCUT2D eigenvalue weighted by Crippen LogP contribution is -2.55. The van der Waals surface area contributed by atoms with E-state index in [0.29, 0.717) is 12.6 Å². The first-order chi connectivity index (χ1) is 9.39. The first-order valence-electron chi connectivity index (χ1n) is 8.07. The van der Waals surface area contributed by atoms with Crippen LogP contribution < -0.4 is 10.6 Å². The quantitative estimate of drug-likeness (QED) is 0.751. The van der Waals surface area contributed by atoms with Crippen LogP contribution in [0.25, 0.3) is 0 Å². The number of hydrogen-bond donors (Lipinski definition) is 2. The SMILES string of the molecule is CCC(C)NCC(=O)NCC1(N(C)C)CCCC(C)C1. The number of hydrogen-bond acceptors (Lipinski definition) is 3. The molecular formula is C16H33N3O. The number of likely N-dealkylation sites (N-methyl/N-ethyl adjacent to an activating group) is 1. The molecule has 1 aliphatic rings. The van der Waals surface area contributed by atoms with Gasteiger partial charge in [0.1, 0.15) is 0 Å². The van der Waals surface area contributed by atoms with Crippen molar-refractivity contribution in [2.24, 2.45) is 5.92 Å². The molecule has 1 aliphatic carbocycles. The standard InChI is InChI=1S/C16H33N3O/c1-6-14(3)17-11-15(20)18-12-16(19(4)5)9-7-8-13(2)10-16/h13-14,17H,6-12H2,1-5H3,(H,18,20). The van der Waals surface area contributed by atoms with Crippen molar-refractivity contribution in [3.05, 3.63) is 0 Å². The maximum atomic E-state index is 12.0. The first-order valence-corrected chi connectivity index (χ1v) is 8.07. The molecule has 0 spiro atoms. The smallest absolute Gasteiger partial charge is 0.234 e. The summed E-state index contributed by atoms with van der Waals surface area (Å²) < 4.78 is 0. The van der Waals surface area contributed by atoms with Crippen molar-refractivity contribution in [1.29, 1.82) is 0 Å². The second kappa shape index (κ2) is 7.99. The second-order valence-electron chi connectivity index (χ2n) is 6.79. The number of nitrogens with zero attached hydrogens (tertiary/aromatic N) is 1. The highest BCUT2D eigenvalue weighted by atomic mass is 16.1. The lowest BCUT2D eigenvalue weighted by atomic mass is 9.75. The van der Waals surface area contributed by atoms with E-state index in [4.69, 9.17) is 0 Å². The van der Waals surface area contributed by atoms with Crippen molar-refractivity contribution in [3.8, 4) is 0 Å². The lowest BCUT2D eigenvalue weighted by Gasteiger charge is -2.45. The summed E-state index contributed by atoms with van der Waals surface area (Å²) in [6.07, 6.45) is 5.99. The fourth-order valence-electron chi connectivity index (χ4n) is 3.09. The van der Waals surface area contributed by atoms with Gasteiger partial charge in [0.2, 0.25) is 5.91 Å². The van der Waals surface area contributed by atoms with Crippen molar-refractivity contribution >= 4 is 5.91 Å². The Bertz CT molecular complexity index is 306. The van der Waals surface area contributed by atoms with Crippen LogP contribution in [0.1, 0.15) is 52.9 Å². The van der Waals surface area contributed by atoms with Gasteiger partial charge in [-0.2, -0.15) is 0 Å². The maximum Gasteiger partial charge on any atom is 0.234 e. The minimum absolute atomic E-state index is 0.116. The van der Waals surface area contributed by atoms with Gasteiger partial charge < -0.3 is 15.5 Å². The molecule has 20 heavy (non-hydrogen) atoms. The van der Waals surface area contributed by atoms with Gasteiger partial charge in [-0.15, -0.1) is 0 Å². The third kappa shape index (κ3) is 5.06. The van der Waals surface area contributed by atoms with Gasteiger partial charge in [0, 0.05) is 18.1 Å². The average molecular weight is 283 g/mol. The van der Waals surface area contributed by atoms with Crippen LogP contribution in [0.3, 0.4) is 0 Å². The maximum absolute atomic E-state index is 12.0. The zero-order chi connectivity index (χ0) is 15.2. The van der Waals surface area contributed by atoms with Gasteiger partial charge >= 0.3 is 0 Å². The molecule has 0 radical (unpaired) electrons. The van der Waals surface area contributed by atoms with Crippen LogP contribution in [0, 0.1) is 5.92 Å². The highest BCUT2D eigenvalue weighted by molar-refractivity contribution is 5.78. The molecule has 0 aromatic carbocycles. The number of carbonyl (C=O) groups excluding carboxylic acids is 1. The van der Waals surface area contributed by atoms with Crippen LogP contribution in [-0.4, -0.2) is 49.6 Å². The van der Waals surface area contributed by atoms with E-state index in [1.54, 1.807) is 0 Å². The molecule has 4 heteroatoms. The molecular weight excluding hydrogens is 250 g/mol. The van der Waals surface area contributed by atoms with Crippen LogP contribution in [0.5, 0.6) is 0 Å². The van der Waals surface area contributed by atoms with Crippen molar-refractivity contribution in [3.63, 3.8) is 0 Å². The van der Waals surface area contributed by atoms with E-state index < -0.39 is 0 Å². The molecule has 2 N–H and O–H groups in total. The summed E-state index contributed by atoms with van der Waals surface area (Å²) >= 11 is 0. The Kier molecular flexibility index (Phi) is 6.96. The number of nitrogens with one attached hydrogen (secondary N) is 2. The lowest BCUT2D eigenvalue weighted by molar-refractivity contribution is -0.121. The minimum atomic E-state index is 0.116. The monoisotopic (exact) mass is 283 g/mol. The highest BCUT2D eigenvalue weighted by Crippen LogP contribution is 2.35. The normalized spacial score (nSPS) is 28.4. The highest BCUT2D eigenvalue weighted by Gasteiger charge is 2.37. The summed E-state index contributed by atoms with van der Waals surface area (Å²) in [6.45, 7) is 7.75. The van der Waals surface area contributed by atoms with Crippen LogP contribution >= 0.6 is 0 Å². The van der Waals surface area contributed by atoms with Gasteiger partial charge in [-0.25, -0.2) is 0 Å². The number of rotatable bonds is 7. The van der Waals surface area contributed by atoms with Gasteiger partial charge in [0.15, 0.2) is 0 Å². The molecule has 0 aromatic rings. The fourth-order valence-corrected chi connectivity index (χ4v) is 3.09. The van der Waals surface area contributed by atoms with E-state index in [2.05, 4.69) is 50.4 Å². The van der Waals surface area contributed by atoms with Gasteiger partial charge in [-0.3, -0.25) is 4.79 Å². The Labute approximate surface area is 124 Å². The molecule has 3 atom stereocenters. The molecule has 1 saturated carbocycles. The molecule has 118 valence electrons. The van der Waals surface area contributed by atoms with E-state index in [-0.39, 0.29) is 11.4 Å². The van der Waals surface area contributed by atoms with Crippen LogP contribution in [0.15, 0.2) is 0 Å². The summed E-state index contributed by atoms with van der Waals surface area (Å²) in [5.41, 5.74) is 0.143. The van der Waals surface area contributed by atoms with Crippen molar-refractivity contribution < 1.29 is 4.79 Å². The van der Waals surface area contributed by atoms with Gasteiger partial charge in [-0.05, 0) is 46.2 Å². The van der Waals surface area contributed by atoms with E-state index in [0.717, 1.165) is 18.9 Å². The molecule has 0 saturated heterocycles. The van der Waals surface area contributed by atoms with E-state index in [1.165, 1.54) is 25.7 Å². The third-order valence-electron chi connectivity index (χ3n) is 4.85. The second-order valence-corrected chi connectivity index (χ2v) is 6.79. The summed E-state index contributed by atoms with van der Waals surface area (Å²) in [5.74, 6) is 0.867. The topological polar surface area (TPSA) is 44.4 Å². The minimum Gasteiger partial charge on any atom is -0.353 e. The van der Waals surface area contributed by atoms with Gasteiger partial charge in [0.05, 0.1) is 6.54 Å². The fraction of sp³-hybridized carbons (Fsp3) is 0.938. The third-order valence-corrected chi connectivity index (χ3v) is 4.85. The summed E-state index contributed by atoms with van der Waals surface area (Å²) in [7, 11) is 4.28. The first kappa shape index (κ1) is 17.4. The number of carbonyl (C=O) groups is 1. The Hall–Kier alpha value is -0.610. The van der Waals surface area contributed by atoms with Crippen LogP contribution in [-0.2, 0) is 4.79 Å². The molecule has 4 nitrogen and oxygen atoms in total. The largest absolute Gasteiger partial charge is 0.353 e. The molecule has 0 aliphatic heterocycles. The predicted molar refractivity (Wildman–Crippen MR) is 84.8 cm³/mol. The zero-order valence-electron chi connectivity index (χ0n) is 14.0. The van der Waals surface area contributed by atoms with Gasteiger partial charge in [-0.1, -0.05) is 26.7 Å². The Balaban J connectivity index is 2.45. The van der Waals surface area contributed by atoms with E-state index >= 15 is 0 Å².